The normalized spacial score (nSPS) is 29.6. The van der Waals surface area contributed by atoms with Crippen LogP contribution < -0.4 is 10.5 Å². The lowest BCUT2D eigenvalue weighted by atomic mass is 9.64. The van der Waals surface area contributed by atoms with E-state index in [4.69, 9.17) is 36.5 Å². The first-order chi connectivity index (χ1) is 16.3. The summed E-state index contributed by atoms with van der Waals surface area (Å²) in [5.41, 5.74) is 7.54. The molecule has 178 valence electrons. The van der Waals surface area contributed by atoms with Gasteiger partial charge in [-0.25, -0.2) is 9.38 Å². The Morgan fingerprint density at radius 1 is 1.18 bits per heavy atom. The van der Waals surface area contributed by atoms with Crippen LogP contribution in [0.1, 0.15) is 31.2 Å². The zero-order valence-corrected chi connectivity index (χ0v) is 19.5. The minimum atomic E-state index is -0.890. The molecule has 4 aliphatic rings. The fourth-order valence-corrected chi connectivity index (χ4v) is 6.16. The van der Waals surface area contributed by atoms with E-state index in [0.717, 1.165) is 11.1 Å². The number of benzene rings is 2. The SMILES string of the molecule is CN1C(=O)CC2(N=C1N)c1cc(-c3cc(F)cc(Cl)c3)ccc1OC1CC3(CCC12)OCCO3. The van der Waals surface area contributed by atoms with E-state index < -0.39 is 17.1 Å². The first-order valence-electron chi connectivity index (χ1n) is 11.5. The summed E-state index contributed by atoms with van der Waals surface area (Å²) in [5.74, 6) is -0.458. The largest absolute Gasteiger partial charge is 0.489 e. The maximum absolute atomic E-state index is 14.1. The van der Waals surface area contributed by atoms with Crippen molar-refractivity contribution in [1.82, 2.24) is 4.90 Å². The molecule has 2 N–H and O–H groups in total. The molecule has 1 saturated carbocycles. The summed E-state index contributed by atoms with van der Waals surface area (Å²) in [6.45, 7) is 1.13. The zero-order chi connectivity index (χ0) is 23.7. The van der Waals surface area contributed by atoms with E-state index in [1.165, 1.54) is 17.0 Å². The molecule has 2 spiro atoms. The Bertz CT molecular complexity index is 1190. The third-order valence-electron chi connectivity index (χ3n) is 7.60. The Morgan fingerprint density at radius 3 is 2.71 bits per heavy atom. The van der Waals surface area contributed by atoms with Gasteiger partial charge in [-0.2, -0.15) is 0 Å². The molecule has 1 amide bonds. The number of nitrogens with two attached hydrogens (primary N) is 1. The Kier molecular flexibility index (Phi) is 4.92. The summed E-state index contributed by atoms with van der Waals surface area (Å²) in [6, 6.07) is 10.1. The van der Waals surface area contributed by atoms with Gasteiger partial charge in [0.2, 0.25) is 5.91 Å². The van der Waals surface area contributed by atoms with Crippen molar-refractivity contribution in [3.05, 3.63) is 52.8 Å². The summed E-state index contributed by atoms with van der Waals surface area (Å²) in [6.07, 6.45) is 1.87. The van der Waals surface area contributed by atoms with Gasteiger partial charge in [0.1, 0.15) is 23.2 Å². The predicted octanol–water partition coefficient (Wildman–Crippen LogP) is 3.82. The molecule has 3 aliphatic heterocycles. The summed E-state index contributed by atoms with van der Waals surface area (Å²) < 4.78 is 32.5. The highest BCUT2D eigenvalue weighted by Crippen LogP contribution is 2.56. The van der Waals surface area contributed by atoms with E-state index >= 15 is 0 Å². The summed E-state index contributed by atoms with van der Waals surface area (Å²) in [4.78, 5) is 19.4. The Labute approximate surface area is 201 Å². The number of guanidine groups is 1. The van der Waals surface area contributed by atoms with Gasteiger partial charge >= 0.3 is 0 Å². The molecule has 3 heterocycles. The number of halogens is 2. The molecule has 2 aromatic carbocycles. The van der Waals surface area contributed by atoms with Crippen LogP contribution in [0, 0.1) is 11.7 Å². The Hall–Kier alpha value is -2.68. The number of rotatable bonds is 1. The molecular formula is C25H25ClFN3O4. The second-order valence-corrected chi connectivity index (χ2v) is 9.94. The molecule has 2 aromatic rings. The molecular weight excluding hydrogens is 461 g/mol. The number of fused-ring (bicyclic) bond motifs is 4. The topological polar surface area (TPSA) is 86.4 Å². The van der Waals surface area contributed by atoms with E-state index in [1.54, 1.807) is 13.1 Å². The number of nitrogens with zero attached hydrogens (tertiary/aromatic N) is 2. The van der Waals surface area contributed by atoms with Gasteiger partial charge in [-0.1, -0.05) is 17.7 Å². The molecule has 3 unspecified atom stereocenters. The van der Waals surface area contributed by atoms with Crippen LogP contribution in [0.5, 0.6) is 5.75 Å². The number of amides is 1. The van der Waals surface area contributed by atoms with Gasteiger partial charge in [0.05, 0.1) is 19.6 Å². The summed E-state index contributed by atoms with van der Waals surface area (Å²) >= 11 is 6.11. The van der Waals surface area contributed by atoms with Crippen molar-refractivity contribution >= 4 is 23.5 Å². The molecule has 7 nitrogen and oxygen atoms in total. The summed E-state index contributed by atoms with van der Waals surface area (Å²) in [7, 11) is 1.63. The molecule has 0 aromatic heterocycles. The maximum atomic E-state index is 14.1. The van der Waals surface area contributed by atoms with Gasteiger partial charge in [0.15, 0.2) is 11.7 Å². The van der Waals surface area contributed by atoms with E-state index in [9.17, 15) is 9.18 Å². The van der Waals surface area contributed by atoms with Crippen LogP contribution in [-0.4, -0.2) is 48.9 Å². The molecule has 2 fully saturated rings. The highest BCUT2D eigenvalue weighted by Gasteiger charge is 2.59. The second-order valence-electron chi connectivity index (χ2n) is 9.51. The monoisotopic (exact) mass is 485 g/mol. The van der Waals surface area contributed by atoms with Crippen LogP contribution >= 0.6 is 11.6 Å². The quantitative estimate of drug-likeness (QED) is 0.663. The van der Waals surface area contributed by atoms with E-state index in [1.807, 2.05) is 18.2 Å². The molecule has 0 bridgehead atoms. The Balaban J connectivity index is 1.50. The highest BCUT2D eigenvalue weighted by atomic mass is 35.5. The zero-order valence-electron chi connectivity index (χ0n) is 18.7. The highest BCUT2D eigenvalue weighted by molar-refractivity contribution is 6.30. The van der Waals surface area contributed by atoms with Crippen molar-refractivity contribution in [1.29, 1.82) is 0 Å². The van der Waals surface area contributed by atoms with E-state index in [-0.39, 0.29) is 30.3 Å². The minimum absolute atomic E-state index is 0.0963. The standard InChI is InChI=1S/C25H25ClFN3O4/c1-30-22(31)13-25(29-23(30)28)18-4-5-24(32-6-7-33-24)12-21(18)34-20-3-2-14(10-19(20)25)15-8-16(26)11-17(27)9-15/h2-3,8-11,18,21H,4-7,12-13H2,1H3,(H2,28,29). The van der Waals surface area contributed by atoms with Crippen molar-refractivity contribution in [2.24, 2.45) is 16.6 Å². The number of carbonyl (C=O) groups excluding carboxylic acids is 1. The van der Waals surface area contributed by atoms with Gasteiger partial charge in [0.25, 0.3) is 0 Å². The van der Waals surface area contributed by atoms with Gasteiger partial charge < -0.3 is 19.9 Å². The molecule has 1 aliphatic carbocycles. The molecule has 34 heavy (non-hydrogen) atoms. The van der Waals surface area contributed by atoms with Gasteiger partial charge in [-0.3, -0.25) is 9.69 Å². The second kappa shape index (κ2) is 7.66. The number of aliphatic imine (C=N–C) groups is 1. The van der Waals surface area contributed by atoms with Crippen molar-refractivity contribution in [3.63, 3.8) is 0 Å². The average molecular weight is 486 g/mol. The maximum Gasteiger partial charge on any atom is 0.231 e. The first-order valence-corrected chi connectivity index (χ1v) is 11.8. The van der Waals surface area contributed by atoms with Crippen LogP contribution in [0.2, 0.25) is 5.02 Å². The van der Waals surface area contributed by atoms with Crippen molar-refractivity contribution < 1.29 is 23.4 Å². The van der Waals surface area contributed by atoms with Crippen LogP contribution in [-0.2, 0) is 19.8 Å². The van der Waals surface area contributed by atoms with Gasteiger partial charge in [-0.05, 0) is 47.9 Å². The van der Waals surface area contributed by atoms with E-state index in [0.29, 0.717) is 48.8 Å². The van der Waals surface area contributed by atoms with Crippen LogP contribution in [0.3, 0.4) is 0 Å². The lowest BCUT2D eigenvalue weighted by molar-refractivity contribution is -0.210. The number of hydrogen-bond donors (Lipinski definition) is 1. The molecule has 9 heteroatoms. The molecule has 3 atom stereocenters. The molecule has 6 rings (SSSR count). The lowest BCUT2D eigenvalue weighted by Gasteiger charge is -2.52. The van der Waals surface area contributed by atoms with Gasteiger partial charge in [-0.15, -0.1) is 0 Å². The first kappa shape index (κ1) is 21.8. The van der Waals surface area contributed by atoms with Crippen LogP contribution in [0.4, 0.5) is 4.39 Å². The van der Waals surface area contributed by atoms with Crippen LogP contribution in [0.15, 0.2) is 41.4 Å². The number of carbonyl (C=O) groups is 1. The van der Waals surface area contributed by atoms with Gasteiger partial charge in [0, 0.05) is 36.4 Å². The van der Waals surface area contributed by atoms with Crippen molar-refractivity contribution in [2.45, 2.75) is 43.1 Å². The average Bonchev–Trinajstić information content (AvgIpc) is 3.24. The van der Waals surface area contributed by atoms with E-state index in [2.05, 4.69) is 0 Å². The predicted molar refractivity (Wildman–Crippen MR) is 124 cm³/mol. The van der Waals surface area contributed by atoms with Crippen molar-refractivity contribution in [3.8, 4) is 16.9 Å². The van der Waals surface area contributed by atoms with Crippen LogP contribution in [0.25, 0.3) is 11.1 Å². The lowest BCUT2D eigenvalue weighted by Crippen LogP contribution is -2.59. The van der Waals surface area contributed by atoms with Crippen molar-refractivity contribution in [2.75, 3.05) is 20.3 Å². The fourth-order valence-electron chi connectivity index (χ4n) is 5.94. The third kappa shape index (κ3) is 3.31. The summed E-state index contributed by atoms with van der Waals surface area (Å²) in [5, 5.41) is 0.310. The Morgan fingerprint density at radius 2 is 1.97 bits per heavy atom. The third-order valence-corrected chi connectivity index (χ3v) is 7.82. The fraction of sp³-hybridized carbons (Fsp3) is 0.440. The smallest absolute Gasteiger partial charge is 0.231 e. The number of hydrogen-bond acceptors (Lipinski definition) is 6. The minimum Gasteiger partial charge on any atom is -0.489 e. The number of ether oxygens (including phenoxy) is 3. The molecule has 1 saturated heterocycles. The molecule has 0 radical (unpaired) electrons.